The van der Waals surface area contributed by atoms with E-state index < -0.39 is 0 Å². The highest BCUT2D eigenvalue weighted by Gasteiger charge is 2.22. The van der Waals surface area contributed by atoms with Crippen LogP contribution in [0.5, 0.6) is 0 Å². The first-order valence-electron chi connectivity index (χ1n) is 6.91. The third-order valence-electron chi connectivity index (χ3n) is 3.73. The van der Waals surface area contributed by atoms with Gasteiger partial charge in [0.05, 0.1) is 0 Å². The second-order valence-electron chi connectivity index (χ2n) is 5.28. The fraction of sp³-hybridized carbons (Fsp3) is 0.533. The topological polar surface area (TPSA) is 32.3 Å². The van der Waals surface area contributed by atoms with Gasteiger partial charge < -0.3 is 10.2 Å². The molecule has 1 fully saturated rings. The zero-order valence-corrected chi connectivity index (χ0v) is 12.8. The Kier molecular flexibility index (Phi) is 5.29. The second kappa shape index (κ2) is 6.97. The molecule has 1 aliphatic heterocycles. The van der Waals surface area contributed by atoms with Crippen molar-refractivity contribution in [1.82, 2.24) is 4.90 Å². The van der Waals surface area contributed by atoms with Crippen LogP contribution in [0.4, 0.5) is 14.9 Å². The number of likely N-dealkylation sites (tertiary alicyclic amines) is 1. The number of nitrogens with zero attached hydrogens (tertiary/aromatic N) is 1. The van der Waals surface area contributed by atoms with Crippen molar-refractivity contribution in [2.24, 2.45) is 5.92 Å². The summed E-state index contributed by atoms with van der Waals surface area (Å²) in [6, 6.07) is 4.33. The molecule has 0 aromatic heterocycles. The molecule has 110 valence electrons. The number of anilines is 1. The molecule has 1 aromatic carbocycles. The van der Waals surface area contributed by atoms with Crippen molar-refractivity contribution < 1.29 is 9.18 Å². The van der Waals surface area contributed by atoms with Crippen LogP contribution in [-0.4, -0.2) is 36.0 Å². The molecule has 2 rings (SSSR count). The predicted molar refractivity (Wildman–Crippen MR) is 82.8 cm³/mol. The number of aryl methyl sites for hydroxylation is 1. The lowest BCUT2D eigenvalue weighted by molar-refractivity contribution is 0.187. The summed E-state index contributed by atoms with van der Waals surface area (Å²) in [4.78, 5) is 14.0. The van der Waals surface area contributed by atoms with Crippen molar-refractivity contribution >= 4 is 23.5 Å². The molecule has 0 radical (unpaired) electrons. The Morgan fingerprint density at radius 3 is 2.75 bits per heavy atom. The van der Waals surface area contributed by atoms with E-state index in [1.807, 2.05) is 16.7 Å². The Morgan fingerprint density at radius 1 is 1.45 bits per heavy atom. The first-order valence-corrected chi connectivity index (χ1v) is 8.30. The second-order valence-corrected chi connectivity index (χ2v) is 6.19. The summed E-state index contributed by atoms with van der Waals surface area (Å²) in [6.45, 7) is 3.40. The van der Waals surface area contributed by atoms with Crippen molar-refractivity contribution in [2.75, 3.05) is 30.4 Å². The van der Waals surface area contributed by atoms with Crippen molar-refractivity contribution in [1.29, 1.82) is 0 Å². The van der Waals surface area contributed by atoms with Crippen molar-refractivity contribution in [2.45, 2.75) is 19.8 Å². The van der Waals surface area contributed by atoms with Gasteiger partial charge in [0.15, 0.2) is 0 Å². The number of nitrogens with one attached hydrogen (secondary N) is 1. The largest absolute Gasteiger partial charge is 0.325 e. The van der Waals surface area contributed by atoms with Crippen LogP contribution in [-0.2, 0) is 0 Å². The molecule has 0 unspecified atom stereocenters. The van der Waals surface area contributed by atoms with Gasteiger partial charge in [-0.2, -0.15) is 11.8 Å². The molecule has 0 bridgehead atoms. The van der Waals surface area contributed by atoms with Gasteiger partial charge >= 0.3 is 6.03 Å². The summed E-state index contributed by atoms with van der Waals surface area (Å²) >= 11 is 1.87. The van der Waals surface area contributed by atoms with Crippen LogP contribution in [0.25, 0.3) is 0 Å². The van der Waals surface area contributed by atoms with Gasteiger partial charge in [0, 0.05) is 18.8 Å². The van der Waals surface area contributed by atoms with E-state index in [0.717, 1.165) is 37.4 Å². The fourth-order valence-electron chi connectivity index (χ4n) is 2.50. The summed E-state index contributed by atoms with van der Waals surface area (Å²) in [5.74, 6) is 1.62. The molecule has 1 heterocycles. The number of urea groups is 1. The normalized spacial score (nSPS) is 16.2. The molecular weight excluding hydrogens is 275 g/mol. The number of hydrogen-bond donors (Lipinski definition) is 1. The molecule has 0 spiro atoms. The van der Waals surface area contributed by atoms with Gasteiger partial charge in [-0.1, -0.05) is 0 Å². The first-order chi connectivity index (χ1) is 9.60. The van der Waals surface area contributed by atoms with E-state index in [0.29, 0.717) is 5.69 Å². The molecule has 0 saturated carbocycles. The van der Waals surface area contributed by atoms with E-state index in [9.17, 15) is 9.18 Å². The molecule has 5 heteroatoms. The Labute approximate surface area is 123 Å². The molecule has 1 aliphatic rings. The van der Waals surface area contributed by atoms with Gasteiger partial charge in [-0.05, 0) is 61.5 Å². The quantitative estimate of drug-likeness (QED) is 0.921. The summed E-state index contributed by atoms with van der Waals surface area (Å²) in [5, 5.41) is 2.87. The maximum Gasteiger partial charge on any atom is 0.321 e. The molecule has 1 saturated heterocycles. The summed E-state index contributed by atoms with van der Waals surface area (Å²) in [5.41, 5.74) is 1.43. The van der Waals surface area contributed by atoms with Crippen molar-refractivity contribution in [3.05, 3.63) is 29.6 Å². The molecule has 0 atom stereocenters. The van der Waals surface area contributed by atoms with E-state index in [4.69, 9.17) is 0 Å². The number of rotatable bonds is 3. The van der Waals surface area contributed by atoms with Gasteiger partial charge in [0.25, 0.3) is 0 Å². The van der Waals surface area contributed by atoms with Gasteiger partial charge in [-0.25, -0.2) is 9.18 Å². The van der Waals surface area contributed by atoms with E-state index in [-0.39, 0.29) is 11.8 Å². The summed E-state index contributed by atoms with van der Waals surface area (Å²) in [6.07, 6.45) is 4.25. The standard InChI is InChI=1S/C15H21FN2OS/c1-11-9-13(16)3-4-14(11)17-15(19)18-7-5-12(6-8-18)10-20-2/h3-4,9,12H,5-8,10H2,1-2H3,(H,17,19). The number of carbonyl (C=O) groups excluding carboxylic acids is 1. The van der Waals surface area contributed by atoms with E-state index in [2.05, 4.69) is 11.6 Å². The number of carbonyl (C=O) groups is 1. The van der Waals surface area contributed by atoms with Crippen LogP contribution >= 0.6 is 11.8 Å². The van der Waals surface area contributed by atoms with Crippen LogP contribution in [0.1, 0.15) is 18.4 Å². The molecule has 1 N–H and O–H groups in total. The van der Waals surface area contributed by atoms with Crippen molar-refractivity contribution in [3.63, 3.8) is 0 Å². The highest BCUT2D eigenvalue weighted by atomic mass is 32.2. The van der Waals surface area contributed by atoms with Crippen LogP contribution < -0.4 is 5.32 Å². The molecule has 2 amide bonds. The first kappa shape index (κ1) is 15.2. The highest BCUT2D eigenvalue weighted by molar-refractivity contribution is 7.98. The Bertz CT molecular complexity index is 473. The fourth-order valence-corrected chi connectivity index (χ4v) is 3.30. The minimum absolute atomic E-state index is 0.0812. The lowest BCUT2D eigenvalue weighted by Gasteiger charge is -2.31. The number of benzene rings is 1. The van der Waals surface area contributed by atoms with Gasteiger partial charge in [-0.3, -0.25) is 0 Å². The average molecular weight is 296 g/mol. The number of thioether (sulfide) groups is 1. The van der Waals surface area contributed by atoms with Crippen LogP contribution in [0.2, 0.25) is 0 Å². The summed E-state index contributed by atoms with van der Waals surface area (Å²) < 4.78 is 13.0. The Hall–Kier alpha value is -1.23. The summed E-state index contributed by atoms with van der Waals surface area (Å²) in [7, 11) is 0. The molecule has 1 aromatic rings. The molecule has 0 aliphatic carbocycles. The number of halogens is 1. The minimum Gasteiger partial charge on any atom is -0.325 e. The van der Waals surface area contributed by atoms with Crippen LogP contribution in [0.15, 0.2) is 18.2 Å². The lowest BCUT2D eigenvalue weighted by Crippen LogP contribution is -2.41. The monoisotopic (exact) mass is 296 g/mol. The lowest BCUT2D eigenvalue weighted by atomic mass is 9.99. The molecule has 3 nitrogen and oxygen atoms in total. The van der Waals surface area contributed by atoms with Gasteiger partial charge in [0.2, 0.25) is 0 Å². The van der Waals surface area contributed by atoms with E-state index in [1.54, 1.807) is 13.0 Å². The van der Waals surface area contributed by atoms with Crippen molar-refractivity contribution in [3.8, 4) is 0 Å². The number of amides is 2. The smallest absolute Gasteiger partial charge is 0.321 e. The van der Waals surface area contributed by atoms with Crippen LogP contribution in [0.3, 0.4) is 0 Å². The van der Waals surface area contributed by atoms with Crippen LogP contribution in [0, 0.1) is 18.7 Å². The predicted octanol–water partition coefficient (Wildman–Crippen LogP) is 3.74. The maximum absolute atomic E-state index is 13.0. The zero-order valence-electron chi connectivity index (χ0n) is 12.0. The number of piperidine rings is 1. The number of hydrogen-bond acceptors (Lipinski definition) is 2. The third kappa shape index (κ3) is 3.88. The Balaban J connectivity index is 1.89. The van der Waals surface area contributed by atoms with Gasteiger partial charge in [0.1, 0.15) is 5.82 Å². The Morgan fingerprint density at radius 2 is 2.15 bits per heavy atom. The van der Waals surface area contributed by atoms with E-state index >= 15 is 0 Å². The highest BCUT2D eigenvalue weighted by Crippen LogP contribution is 2.22. The average Bonchev–Trinajstić information content (AvgIpc) is 2.43. The minimum atomic E-state index is -0.279. The maximum atomic E-state index is 13.0. The third-order valence-corrected chi connectivity index (χ3v) is 4.54. The zero-order chi connectivity index (χ0) is 14.5. The van der Waals surface area contributed by atoms with Gasteiger partial charge in [-0.15, -0.1) is 0 Å². The SMILES string of the molecule is CSCC1CCN(C(=O)Nc2ccc(F)cc2C)CC1. The van der Waals surface area contributed by atoms with E-state index in [1.165, 1.54) is 17.9 Å². The molecular formula is C15H21FN2OS. The molecule has 20 heavy (non-hydrogen) atoms.